The van der Waals surface area contributed by atoms with Gasteiger partial charge in [0, 0.05) is 11.6 Å². The molecule has 0 aliphatic heterocycles. The Morgan fingerprint density at radius 2 is 1.76 bits per heavy atom. The number of hydrogen-bond donors (Lipinski definition) is 1. The van der Waals surface area contributed by atoms with Crippen molar-refractivity contribution in [2.75, 3.05) is 6.54 Å². The van der Waals surface area contributed by atoms with Crippen molar-refractivity contribution < 1.29 is 0 Å². The summed E-state index contributed by atoms with van der Waals surface area (Å²) in [7, 11) is 0. The summed E-state index contributed by atoms with van der Waals surface area (Å²) in [5.74, 6) is 0. The minimum absolute atomic E-state index is 0.127. The molecule has 0 fully saturated rings. The van der Waals surface area contributed by atoms with E-state index in [9.17, 15) is 0 Å². The van der Waals surface area contributed by atoms with E-state index in [-0.39, 0.29) is 6.04 Å². The molecule has 0 aliphatic carbocycles. The Kier molecular flexibility index (Phi) is 3.98. The highest BCUT2D eigenvalue weighted by atomic mass is 14.9. The molecule has 2 nitrogen and oxygen atoms in total. The van der Waals surface area contributed by atoms with Crippen molar-refractivity contribution >= 4 is 10.8 Å². The van der Waals surface area contributed by atoms with Crippen LogP contribution in [-0.4, -0.2) is 11.5 Å². The molecule has 0 aliphatic rings. The molecule has 2 heteroatoms. The van der Waals surface area contributed by atoms with E-state index in [0.717, 1.165) is 12.2 Å². The Hall–Kier alpha value is -2.19. The zero-order valence-electron chi connectivity index (χ0n) is 12.5. The summed E-state index contributed by atoms with van der Waals surface area (Å²) in [6, 6.07) is 19.2. The lowest BCUT2D eigenvalue weighted by atomic mass is 9.95. The van der Waals surface area contributed by atoms with E-state index in [4.69, 9.17) is 0 Å². The highest BCUT2D eigenvalue weighted by Crippen LogP contribution is 2.28. The summed E-state index contributed by atoms with van der Waals surface area (Å²) in [5, 5.41) is 6.04. The predicted molar refractivity (Wildman–Crippen MR) is 88.4 cm³/mol. The number of nitrogens with zero attached hydrogens (tertiary/aromatic N) is 1. The van der Waals surface area contributed by atoms with Gasteiger partial charge in [-0.3, -0.25) is 4.98 Å². The van der Waals surface area contributed by atoms with Crippen LogP contribution in [0, 0.1) is 6.92 Å². The molecular formula is C19H20N2. The van der Waals surface area contributed by atoms with Crippen molar-refractivity contribution in [1.82, 2.24) is 10.3 Å². The maximum absolute atomic E-state index is 4.68. The standard InChI is InChI=1S/C19H20N2/c1-3-20-18(16-10-6-4-8-14(16)2)19-17-11-7-5-9-15(17)12-13-21-19/h4-13,18,20H,3H2,1-2H3. The monoisotopic (exact) mass is 276 g/mol. The normalized spacial score (nSPS) is 12.5. The second-order valence-electron chi connectivity index (χ2n) is 5.26. The quantitative estimate of drug-likeness (QED) is 0.771. The first-order valence-electron chi connectivity index (χ1n) is 7.44. The van der Waals surface area contributed by atoms with Gasteiger partial charge in [0.2, 0.25) is 0 Å². The van der Waals surface area contributed by atoms with Crippen molar-refractivity contribution in [3.63, 3.8) is 0 Å². The van der Waals surface area contributed by atoms with Gasteiger partial charge in [0.05, 0.1) is 11.7 Å². The topological polar surface area (TPSA) is 24.9 Å². The average molecular weight is 276 g/mol. The molecule has 2 aromatic carbocycles. The minimum atomic E-state index is 0.127. The molecule has 21 heavy (non-hydrogen) atoms. The smallest absolute Gasteiger partial charge is 0.0760 e. The Morgan fingerprint density at radius 3 is 2.57 bits per heavy atom. The summed E-state index contributed by atoms with van der Waals surface area (Å²) in [6.07, 6.45) is 1.90. The number of hydrogen-bond acceptors (Lipinski definition) is 2. The Labute approximate surface area is 125 Å². The second kappa shape index (κ2) is 6.06. The molecule has 1 aromatic heterocycles. The van der Waals surface area contributed by atoms with Crippen molar-refractivity contribution in [3.8, 4) is 0 Å². The molecule has 0 amide bonds. The summed E-state index contributed by atoms with van der Waals surface area (Å²) in [4.78, 5) is 4.68. The molecule has 0 radical (unpaired) electrons. The van der Waals surface area contributed by atoms with E-state index < -0.39 is 0 Å². The second-order valence-corrected chi connectivity index (χ2v) is 5.26. The van der Waals surface area contributed by atoms with Crippen LogP contribution in [0.1, 0.15) is 29.8 Å². The number of fused-ring (bicyclic) bond motifs is 1. The number of benzene rings is 2. The molecule has 1 atom stereocenters. The van der Waals surface area contributed by atoms with E-state index in [1.165, 1.54) is 21.9 Å². The fourth-order valence-corrected chi connectivity index (χ4v) is 2.84. The first kappa shape index (κ1) is 13.8. The fourth-order valence-electron chi connectivity index (χ4n) is 2.84. The lowest BCUT2D eigenvalue weighted by Gasteiger charge is -2.21. The third-order valence-electron chi connectivity index (χ3n) is 3.89. The number of aromatic nitrogens is 1. The molecular weight excluding hydrogens is 256 g/mol. The van der Waals surface area contributed by atoms with Gasteiger partial charge in [0.25, 0.3) is 0 Å². The first-order chi connectivity index (χ1) is 10.3. The number of nitrogens with one attached hydrogen (secondary N) is 1. The Bertz CT molecular complexity index is 744. The summed E-state index contributed by atoms with van der Waals surface area (Å²) in [5.41, 5.74) is 3.69. The van der Waals surface area contributed by atoms with Crippen LogP contribution in [0.4, 0.5) is 0 Å². The van der Waals surface area contributed by atoms with Crippen LogP contribution in [0.2, 0.25) is 0 Å². The van der Waals surface area contributed by atoms with Crippen LogP contribution in [0.5, 0.6) is 0 Å². The molecule has 1 unspecified atom stereocenters. The number of rotatable bonds is 4. The van der Waals surface area contributed by atoms with Crippen molar-refractivity contribution in [2.24, 2.45) is 0 Å². The van der Waals surface area contributed by atoms with E-state index in [1.54, 1.807) is 0 Å². The summed E-state index contributed by atoms with van der Waals surface area (Å²) in [6.45, 7) is 5.20. The van der Waals surface area contributed by atoms with Crippen LogP contribution in [-0.2, 0) is 0 Å². The third kappa shape index (κ3) is 2.67. The lowest BCUT2D eigenvalue weighted by molar-refractivity contribution is 0.617. The van der Waals surface area contributed by atoms with E-state index in [1.807, 2.05) is 6.20 Å². The summed E-state index contributed by atoms with van der Waals surface area (Å²) >= 11 is 0. The van der Waals surface area contributed by atoms with Crippen LogP contribution >= 0.6 is 0 Å². The summed E-state index contributed by atoms with van der Waals surface area (Å²) < 4.78 is 0. The highest BCUT2D eigenvalue weighted by Gasteiger charge is 2.18. The number of pyridine rings is 1. The van der Waals surface area contributed by atoms with E-state index in [0.29, 0.717) is 0 Å². The minimum Gasteiger partial charge on any atom is -0.305 e. The van der Waals surface area contributed by atoms with Gasteiger partial charge in [-0.25, -0.2) is 0 Å². The van der Waals surface area contributed by atoms with Gasteiger partial charge in [0.1, 0.15) is 0 Å². The van der Waals surface area contributed by atoms with E-state index >= 15 is 0 Å². The molecule has 0 spiro atoms. The van der Waals surface area contributed by atoms with Gasteiger partial charge < -0.3 is 5.32 Å². The fraction of sp³-hybridized carbons (Fsp3) is 0.211. The maximum Gasteiger partial charge on any atom is 0.0760 e. The Morgan fingerprint density at radius 1 is 1.00 bits per heavy atom. The van der Waals surface area contributed by atoms with Crippen LogP contribution < -0.4 is 5.32 Å². The molecule has 0 bridgehead atoms. The van der Waals surface area contributed by atoms with Gasteiger partial charge in [-0.2, -0.15) is 0 Å². The molecule has 106 valence electrons. The van der Waals surface area contributed by atoms with Crippen LogP contribution in [0.3, 0.4) is 0 Å². The van der Waals surface area contributed by atoms with Crippen LogP contribution in [0.25, 0.3) is 10.8 Å². The number of aryl methyl sites for hydroxylation is 1. The van der Waals surface area contributed by atoms with Gasteiger partial charge in [-0.1, -0.05) is 55.5 Å². The van der Waals surface area contributed by atoms with Gasteiger partial charge in [0.15, 0.2) is 0 Å². The lowest BCUT2D eigenvalue weighted by Crippen LogP contribution is -2.24. The van der Waals surface area contributed by atoms with Crippen LogP contribution in [0.15, 0.2) is 60.8 Å². The SMILES string of the molecule is CCNC(c1ccccc1C)c1nccc2ccccc12. The molecule has 0 saturated heterocycles. The predicted octanol–water partition coefficient (Wildman–Crippen LogP) is 4.24. The van der Waals surface area contributed by atoms with Crippen molar-refractivity contribution in [3.05, 3.63) is 77.6 Å². The highest BCUT2D eigenvalue weighted by molar-refractivity contribution is 5.85. The van der Waals surface area contributed by atoms with Gasteiger partial charge in [-0.15, -0.1) is 0 Å². The molecule has 0 saturated carbocycles. The van der Waals surface area contributed by atoms with Crippen molar-refractivity contribution in [2.45, 2.75) is 19.9 Å². The van der Waals surface area contributed by atoms with Crippen molar-refractivity contribution in [1.29, 1.82) is 0 Å². The molecule has 1 N–H and O–H groups in total. The molecule has 1 heterocycles. The molecule has 3 rings (SSSR count). The van der Waals surface area contributed by atoms with E-state index in [2.05, 4.69) is 78.7 Å². The zero-order valence-corrected chi connectivity index (χ0v) is 12.5. The third-order valence-corrected chi connectivity index (χ3v) is 3.89. The zero-order chi connectivity index (χ0) is 14.7. The average Bonchev–Trinajstić information content (AvgIpc) is 2.53. The largest absolute Gasteiger partial charge is 0.305 e. The van der Waals surface area contributed by atoms with Gasteiger partial charge in [-0.05, 0) is 36.0 Å². The molecule has 3 aromatic rings. The van der Waals surface area contributed by atoms with Gasteiger partial charge >= 0.3 is 0 Å². The first-order valence-corrected chi connectivity index (χ1v) is 7.44. The Balaban J connectivity index is 2.19. The maximum atomic E-state index is 4.68.